The van der Waals surface area contributed by atoms with Gasteiger partial charge in [-0.15, -0.1) is 0 Å². The number of nitrogens with zero attached hydrogens (tertiary/aromatic N) is 3. The molecule has 0 bridgehead atoms. The fourth-order valence-corrected chi connectivity index (χ4v) is 6.30. The van der Waals surface area contributed by atoms with E-state index in [4.69, 9.17) is 10.5 Å². The van der Waals surface area contributed by atoms with Crippen molar-refractivity contribution in [3.63, 3.8) is 0 Å². The Hall–Kier alpha value is -2.85. The number of aryl methyl sites for hydroxylation is 1. The minimum Gasteiger partial charge on any atom is -0.495 e. The Bertz CT molecular complexity index is 1150. The average molecular weight is 460 g/mol. The monoisotopic (exact) mass is 459 g/mol. The van der Waals surface area contributed by atoms with Crippen molar-refractivity contribution in [2.75, 3.05) is 38.3 Å². The first-order valence-electron chi connectivity index (χ1n) is 10.1. The Balaban J connectivity index is 1.63. The van der Waals surface area contributed by atoms with Crippen molar-refractivity contribution in [2.45, 2.75) is 24.1 Å². The maximum atomic E-state index is 14.9. The third kappa shape index (κ3) is 3.67. The summed E-state index contributed by atoms with van der Waals surface area (Å²) in [6.07, 6.45) is 1.46. The van der Waals surface area contributed by atoms with Gasteiger partial charge in [0.25, 0.3) is 5.91 Å². The molecule has 170 valence electrons. The van der Waals surface area contributed by atoms with Crippen LogP contribution >= 0.6 is 0 Å². The molecule has 3 heterocycles. The number of methoxy groups -OCH3 is 1. The molecule has 32 heavy (non-hydrogen) atoms. The number of benzene rings is 1. The summed E-state index contributed by atoms with van der Waals surface area (Å²) in [7, 11) is 2.14. The van der Waals surface area contributed by atoms with E-state index in [2.05, 4.69) is 15.3 Å². The second-order valence-corrected chi connectivity index (χ2v) is 10.4. The van der Waals surface area contributed by atoms with Gasteiger partial charge in [0.15, 0.2) is 0 Å². The van der Waals surface area contributed by atoms with Crippen LogP contribution in [0.25, 0.3) is 0 Å². The highest BCUT2D eigenvalue weighted by Crippen LogP contribution is 2.40. The molecule has 2 aromatic rings. The maximum Gasteiger partial charge on any atom is 0.274 e. The van der Waals surface area contributed by atoms with Crippen LogP contribution in [0.3, 0.4) is 0 Å². The van der Waals surface area contributed by atoms with Crippen molar-refractivity contribution >= 4 is 28.2 Å². The van der Waals surface area contributed by atoms with Gasteiger partial charge in [-0.3, -0.25) is 14.0 Å². The number of ether oxygens (including phenoxy) is 1. The smallest absolute Gasteiger partial charge is 0.274 e. The lowest BCUT2D eigenvalue weighted by Crippen LogP contribution is -2.71. The molecule has 0 saturated carbocycles. The van der Waals surface area contributed by atoms with Crippen LogP contribution in [-0.4, -0.2) is 63.6 Å². The van der Waals surface area contributed by atoms with E-state index in [0.29, 0.717) is 30.1 Å². The van der Waals surface area contributed by atoms with Crippen LogP contribution in [0, 0.1) is 12.7 Å². The fraction of sp³-hybridized carbons (Fsp3) is 0.409. The number of likely N-dealkylation sites (tertiary alicyclic amines) is 1. The van der Waals surface area contributed by atoms with Gasteiger partial charge in [-0.25, -0.2) is 9.37 Å². The fourth-order valence-electron chi connectivity index (χ4n) is 4.28. The molecule has 1 fully saturated rings. The van der Waals surface area contributed by atoms with Crippen LogP contribution in [0.4, 0.5) is 10.1 Å². The number of nitrogens with one attached hydrogen (secondary N) is 1. The highest BCUT2D eigenvalue weighted by atomic mass is 32.2. The summed E-state index contributed by atoms with van der Waals surface area (Å²) in [5.74, 6) is 0.0514. The molecule has 0 aliphatic carbocycles. The van der Waals surface area contributed by atoms with E-state index in [1.807, 2.05) is 11.9 Å². The molecule has 4 rings (SSSR count). The van der Waals surface area contributed by atoms with Crippen molar-refractivity contribution in [1.29, 1.82) is 0 Å². The lowest BCUT2D eigenvalue weighted by molar-refractivity contribution is 0.102. The highest BCUT2D eigenvalue weighted by Gasteiger charge is 2.55. The summed E-state index contributed by atoms with van der Waals surface area (Å²) in [5.41, 5.74) is 6.64. The number of halogens is 1. The standard InChI is InChI=1S/C22H26FN5O3S/c1-13-7-15(31-4)9-25-18(13)19(29)26-14-5-6-17(23)16(8-14)21(2)12-32(30)22(20(24)27-21)10-28(3)11-22/h5-9H,10-12H2,1-4H3,(H2,24,27)(H,26,29)/t21-,32?/m0/s1. The van der Waals surface area contributed by atoms with Gasteiger partial charge in [0.2, 0.25) is 0 Å². The lowest BCUT2D eigenvalue weighted by atomic mass is 9.91. The Morgan fingerprint density at radius 2 is 2.06 bits per heavy atom. The molecule has 10 heteroatoms. The van der Waals surface area contributed by atoms with E-state index in [1.54, 1.807) is 19.9 Å². The van der Waals surface area contributed by atoms with Gasteiger partial charge in [0, 0.05) is 35.1 Å². The van der Waals surface area contributed by atoms with Gasteiger partial charge < -0.3 is 20.7 Å². The third-order valence-corrected chi connectivity index (χ3v) is 8.20. The summed E-state index contributed by atoms with van der Waals surface area (Å²) in [5, 5.41) is 2.76. The SMILES string of the molecule is COc1cnc(C(=O)Nc2ccc(F)c([C@]3(C)CS(=O)C4(CN(C)C4)C(N)=N3)c2)c(C)c1. The normalized spacial score (nSPS) is 24.5. The van der Waals surface area contributed by atoms with Crippen LogP contribution in [0.2, 0.25) is 0 Å². The first kappa shape index (κ1) is 22.3. The van der Waals surface area contributed by atoms with Gasteiger partial charge in [0.05, 0.1) is 24.6 Å². The number of carbonyl (C=O) groups is 1. The largest absolute Gasteiger partial charge is 0.495 e. The number of anilines is 1. The van der Waals surface area contributed by atoms with Gasteiger partial charge in [-0.1, -0.05) is 0 Å². The number of hydrogen-bond acceptors (Lipinski definition) is 7. The highest BCUT2D eigenvalue weighted by molar-refractivity contribution is 7.87. The number of amides is 1. The van der Waals surface area contributed by atoms with E-state index >= 15 is 0 Å². The van der Waals surface area contributed by atoms with Crippen molar-refractivity contribution in [3.05, 3.63) is 53.1 Å². The zero-order valence-corrected chi connectivity index (χ0v) is 19.3. The summed E-state index contributed by atoms with van der Waals surface area (Å²) < 4.78 is 32.4. The number of amidine groups is 1. The second-order valence-electron chi connectivity index (χ2n) is 8.62. The Kier molecular flexibility index (Phi) is 5.54. The predicted molar refractivity (Wildman–Crippen MR) is 122 cm³/mol. The molecular weight excluding hydrogens is 433 g/mol. The first-order chi connectivity index (χ1) is 15.1. The van der Waals surface area contributed by atoms with Crippen molar-refractivity contribution in [1.82, 2.24) is 9.88 Å². The summed E-state index contributed by atoms with van der Waals surface area (Å²) >= 11 is 0. The topological polar surface area (TPSA) is 110 Å². The summed E-state index contributed by atoms with van der Waals surface area (Å²) in [6, 6.07) is 5.96. The Labute approximate surface area is 188 Å². The number of pyridine rings is 1. The zero-order chi connectivity index (χ0) is 23.3. The van der Waals surface area contributed by atoms with Crippen molar-refractivity contribution in [3.8, 4) is 5.75 Å². The van der Waals surface area contributed by atoms with Crippen molar-refractivity contribution < 1.29 is 18.1 Å². The predicted octanol–water partition coefficient (Wildman–Crippen LogP) is 1.81. The number of nitrogens with two attached hydrogens (primary N) is 1. The molecule has 1 unspecified atom stereocenters. The number of carbonyl (C=O) groups excluding carboxylic acids is 1. The summed E-state index contributed by atoms with van der Waals surface area (Å²) in [6.45, 7) is 4.60. The molecule has 8 nitrogen and oxygen atoms in total. The van der Waals surface area contributed by atoms with Crippen molar-refractivity contribution in [2.24, 2.45) is 10.7 Å². The second kappa shape index (κ2) is 7.93. The van der Waals surface area contributed by atoms with Gasteiger partial charge in [0.1, 0.15) is 27.8 Å². The quantitative estimate of drug-likeness (QED) is 0.722. The van der Waals surface area contributed by atoms with Crippen LogP contribution < -0.4 is 15.8 Å². The molecular formula is C22H26FN5O3S. The van der Waals surface area contributed by atoms with Crippen LogP contribution in [0.5, 0.6) is 5.75 Å². The molecule has 2 aliphatic heterocycles. The molecule has 1 aromatic heterocycles. The van der Waals surface area contributed by atoms with E-state index < -0.39 is 32.8 Å². The Morgan fingerprint density at radius 1 is 1.34 bits per heavy atom. The maximum absolute atomic E-state index is 14.9. The molecule has 1 saturated heterocycles. The van der Waals surface area contributed by atoms with E-state index in [1.165, 1.54) is 31.5 Å². The minimum atomic E-state index is -1.31. The Morgan fingerprint density at radius 3 is 2.66 bits per heavy atom. The van der Waals surface area contributed by atoms with E-state index in [-0.39, 0.29) is 22.8 Å². The molecule has 2 atom stereocenters. The molecule has 3 N–H and O–H groups in total. The molecule has 1 spiro atoms. The average Bonchev–Trinajstić information content (AvgIpc) is 2.71. The molecule has 1 aromatic carbocycles. The molecule has 1 amide bonds. The van der Waals surface area contributed by atoms with Gasteiger partial charge in [-0.05, 0) is 50.7 Å². The number of aromatic nitrogens is 1. The number of aliphatic imine (C=N–C) groups is 1. The first-order valence-corrected chi connectivity index (χ1v) is 11.4. The van der Waals surface area contributed by atoms with Crippen LogP contribution in [0.1, 0.15) is 28.5 Å². The van der Waals surface area contributed by atoms with E-state index in [9.17, 15) is 13.4 Å². The van der Waals surface area contributed by atoms with Gasteiger partial charge >= 0.3 is 0 Å². The van der Waals surface area contributed by atoms with Gasteiger partial charge in [-0.2, -0.15) is 0 Å². The third-order valence-electron chi connectivity index (χ3n) is 6.04. The number of rotatable bonds is 4. The van der Waals surface area contributed by atoms with Crippen LogP contribution in [-0.2, 0) is 16.3 Å². The molecule has 0 radical (unpaired) electrons. The number of hydrogen-bond donors (Lipinski definition) is 2. The zero-order valence-electron chi connectivity index (χ0n) is 18.4. The molecule has 2 aliphatic rings. The van der Waals surface area contributed by atoms with Crippen LogP contribution in [0.15, 0.2) is 35.5 Å². The van der Waals surface area contributed by atoms with E-state index in [0.717, 1.165) is 0 Å². The lowest BCUT2D eigenvalue weighted by Gasteiger charge is -2.51. The summed E-state index contributed by atoms with van der Waals surface area (Å²) in [4.78, 5) is 23.5. The minimum absolute atomic E-state index is 0.148.